The number of rotatable bonds is 3. The lowest BCUT2D eigenvalue weighted by molar-refractivity contribution is 0.376. The molecule has 1 N–H and O–H groups in total. The summed E-state index contributed by atoms with van der Waals surface area (Å²) in [6.07, 6.45) is 4.44. The zero-order valence-corrected chi connectivity index (χ0v) is 18.5. The standard InChI is InChI=1S/C19H28N4S.HI/c1-19(2)15-23(12-13-24-19)18(20-3)21-14-16-6-8-17(9-7-16)22-10-4-5-11-22;/h4-9H,10-15H2,1-3H3,(H,20,21);1H. The lowest BCUT2D eigenvalue weighted by Gasteiger charge is -2.39. The highest BCUT2D eigenvalue weighted by molar-refractivity contribution is 14.0. The molecule has 0 radical (unpaired) electrons. The van der Waals surface area contributed by atoms with E-state index in [9.17, 15) is 0 Å². The molecule has 2 aliphatic rings. The maximum absolute atomic E-state index is 4.48. The van der Waals surface area contributed by atoms with Crippen LogP contribution in [0.15, 0.2) is 41.4 Å². The number of halogens is 1. The zero-order valence-electron chi connectivity index (χ0n) is 15.4. The number of benzene rings is 1. The molecule has 0 amide bonds. The van der Waals surface area contributed by atoms with E-state index in [1.807, 2.05) is 18.8 Å². The van der Waals surface area contributed by atoms with Gasteiger partial charge in [0.15, 0.2) is 5.96 Å². The molecule has 2 heterocycles. The highest BCUT2D eigenvalue weighted by atomic mass is 127. The first kappa shape index (κ1) is 20.4. The van der Waals surface area contributed by atoms with Crippen LogP contribution in [0.3, 0.4) is 0 Å². The first-order chi connectivity index (χ1) is 11.6. The molecular weight excluding hydrogens is 443 g/mol. The van der Waals surface area contributed by atoms with Crippen LogP contribution in [0.4, 0.5) is 5.69 Å². The summed E-state index contributed by atoms with van der Waals surface area (Å²) < 4.78 is 0.293. The first-order valence-electron chi connectivity index (χ1n) is 8.66. The van der Waals surface area contributed by atoms with E-state index in [1.165, 1.54) is 11.3 Å². The zero-order chi connectivity index (χ0) is 17.0. The minimum Gasteiger partial charge on any atom is -0.364 e. The lowest BCUT2D eigenvalue weighted by atomic mass is 10.2. The molecule has 138 valence electrons. The molecule has 1 fully saturated rings. The summed E-state index contributed by atoms with van der Waals surface area (Å²) in [5.74, 6) is 2.17. The van der Waals surface area contributed by atoms with Crippen LogP contribution in [0.25, 0.3) is 0 Å². The summed E-state index contributed by atoms with van der Waals surface area (Å²) in [6, 6.07) is 8.86. The number of guanidine groups is 1. The van der Waals surface area contributed by atoms with E-state index in [4.69, 9.17) is 0 Å². The van der Waals surface area contributed by atoms with Crippen LogP contribution >= 0.6 is 35.7 Å². The van der Waals surface area contributed by atoms with Gasteiger partial charge in [0.25, 0.3) is 0 Å². The Morgan fingerprint density at radius 3 is 2.48 bits per heavy atom. The first-order valence-corrected chi connectivity index (χ1v) is 9.64. The smallest absolute Gasteiger partial charge is 0.193 e. The number of aliphatic imine (C=N–C) groups is 1. The topological polar surface area (TPSA) is 30.9 Å². The fourth-order valence-corrected chi connectivity index (χ4v) is 4.34. The van der Waals surface area contributed by atoms with Crippen molar-refractivity contribution in [2.45, 2.75) is 25.1 Å². The molecule has 0 aliphatic carbocycles. The Morgan fingerprint density at radius 2 is 1.88 bits per heavy atom. The quantitative estimate of drug-likeness (QED) is 0.316. The number of hydrogen-bond donors (Lipinski definition) is 1. The molecular formula is C19H29IN4S. The third-order valence-electron chi connectivity index (χ3n) is 4.51. The van der Waals surface area contributed by atoms with E-state index in [2.05, 4.69) is 70.4 Å². The molecule has 0 aromatic heterocycles. The molecule has 1 aromatic carbocycles. The van der Waals surface area contributed by atoms with Crippen molar-refractivity contribution >= 4 is 47.4 Å². The number of thioether (sulfide) groups is 1. The Labute approximate surface area is 173 Å². The van der Waals surface area contributed by atoms with Gasteiger partial charge in [-0.25, -0.2) is 0 Å². The normalized spacial score (nSPS) is 19.7. The molecule has 1 aromatic rings. The lowest BCUT2D eigenvalue weighted by Crippen LogP contribution is -2.50. The van der Waals surface area contributed by atoms with E-state index in [-0.39, 0.29) is 24.0 Å². The summed E-state index contributed by atoms with van der Waals surface area (Å²) in [4.78, 5) is 9.22. The van der Waals surface area contributed by atoms with Gasteiger partial charge in [-0.3, -0.25) is 4.99 Å². The average molecular weight is 472 g/mol. The van der Waals surface area contributed by atoms with Gasteiger partial charge in [-0.1, -0.05) is 24.3 Å². The molecule has 25 heavy (non-hydrogen) atoms. The third-order valence-corrected chi connectivity index (χ3v) is 5.80. The van der Waals surface area contributed by atoms with Gasteiger partial charge in [0.2, 0.25) is 0 Å². The van der Waals surface area contributed by atoms with E-state index >= 15 is 0 Å². The van der Waals surface area contributed by atoms with E-state index in [1.54, 1.807) is 0 Å². The van der Waals surface area contributed by atoms with E-state index in [0.717, 1.165) is 44.4 Å². The van der Waals surface area contributed by atoms with Gasteiger partial charge in [0, 0.05) is 56.0 Å². The Balaban J connectivity index is 0.00000225. The third kappa shape index (κ3) is 5.54. The van der Waals surface area contributed by atoms with Crippen LogP contribution in [0.1, 0.15) is 19.4 Å². The largest absolute Gasteiger partial charge is 0.364 e. The van der Waals surface area contributed by atoms with Crippen molar-refractivity contribution in [2.75, 3.05) is 43.9 Å². The van der Waals surface area contributed by atoms with Crippen molar-refractivity contribution in [3.05, 3.63) is 42.0 Å². The number of hydrogen-bond acceptors (Lipinski definition) is 3. The number of nitrogens with zero attached hydrogens (tertiary/aromatic N) is 3. The number of nitrogens with one attached hydrogen (secondary N) is 1. The average Bonchev–Trinajstić information content (AvgIpc) is 3.10. The van der Waals surface area contributed by atoms with Crippen molar-refractivity contribution in [1.82, 2.24) is 10.2 Å². The Morgan fingerprint density at radius 1 is 1.20 bits per heavy atom. The summed E-state index contributed by atoms with van der Waals surface area (Å²) in [5.41, 5.74) is 2.58. The van der Waals surface area contributed by atoms with Crippen molar-refractivity contribution in [3.8, 4) is 0 Å². The Hall–Kier alpha value is -0.890. The van der Waals surface area contributed by atoms with Crippen LogP contribution in [0.2, 0.25) is 0 Å². The molecule has 0 atom stereocenters. The maximum Gasteiger partial charge on any atom is 0.193 e. The second-order valence-electron chi connectivity index (χ2n) is 6.97. The van der Waals surface area contributed by atoms with Crippen molar-refractivity contribution < 1.29 is 0 Å². The van der Waals surface area contributed by atoms with Gasteiger partial charge in [-0.2, -0.15) is 11.8 Å². The monoisotopic (exact) mass is 472 g/mol. The SMILES string of the molecule is CN=C(NCc1ccc(N2CC=CC2)cc1)N1CCSC(C)(C)C1.I. The van der Waals surface area contributed by atoms with Gasteiger partial charge >= 0.3 is 0 Å². The highest BCUT2D eigenvalue weighted by Gasteiger charge is 2.28. The fraction of sp³-hybridized carbons (Fsp3) is 0.526. The van der Waals surface area contributed by atoms with Crippen molar-refractivity contribution in [3.63, 3.8) is 0 Å². The molecule has 2 aliphatic heterocycles. The van der Waals surface area contributed by atoms with Gasteiger partial charge in [-0.15, -0.1) is 24.0 Å². The minimum atomic E-state index is 0. The van der Waals surface area contributed by atoms with Gasteiger partial charge in [0.1, 0.15) is 0 Å². The molecule has 0 bridgehead atoms. The predicted octanol–water partition coefficient (Wildman–Crippen LogP) is 3.58. The van der Waals surface area contributed by atoms with E-state index < -0.39 is 0 Å². The second-order valence-corrected chi connectivity index (χ2v) is 8.78. The Kier molecular flexibility index (Phi) is 7.49. The Bertz CT molecular complexity index is 604. The van der Waals surface area contributed by atoms with Crippen LogP contribution in [-0.2, 0) is 6.54 Å². The number of anilines is 1. The van der Waals surface area contributed by atoms with Gasteiger partial charge < -0.3 is 15.1 Å². The maximum atomic E-state index is 4.48. The molecule has 4 nitrogen and oxygen atoms in total. The fourth-order valence-electron chi connectivity index (χ4n) is 3.22. The van der Waals surface area contributed by atoms with Crippen LogP contribution in [0.5, 0.6) is 0 Å². The molecule has 1 saturated heterocycles. The van der Waals surface area contributed by atoms with Crippen LogP contribution in [-0.4, -0.2) is 54.6 Å². The van der Waals surface area contributed by atoms with Crippen LogP contribution in [0, 0.1) is 0 Å². The van der Waals surface area contributed by atoms with Crippen molar-refractivity contribution in [1.29, 1.82) is 0 Å². The molecule has 0 spiro atoms. The summed E-state index contributed by atoms with van der Waals surface area (Å²) in [7, 11) is 1.88. The second kappa shape index (κ2) is 9.16. The molecule has 6 heteroatoms. The molecule has 0 saturated carbocycles. The van der Waals surface area contributed by atoms with Gasteiger partial charge in [-0.05, 0) is 31.5 Å². The van der Waals surface area contributed by atoms with Crippen LogP contribution < -0.4 is 10.2 Å². The summed E-state index contributed by atoms with van der Waals surface area (Å²) in [5, 5.41) is 3.52. The highest BCUT2D eigenvalue weighted by Crippen LogP contribution is 2.29. The molecule has 0 unspecified atom stereocenters. The van der Waals surface area contributed by atoms with Crippen molar-refractivity contribution in [2.24, 2.45) is 4.99 Å². The summed E-state index contributed by atoms with van der Waals surface area (Å²) in [6.45, 7) is 9.58. The predicted molar refractivity (Wildman–Crippen MR) is 122 cm³/mol. The minimum absolute atomic E-state index is 0. The molecule has 3 rings (SSSR count). The summed E-state index contributed by atoms with van der Waals surface area (Å²) >= 11 is 2.05. The van der Waals surface area contributed by atoms with Gasteiger partial charge in [0.05, 0.1) is 0 Å². The van der Waals surface area contributed by atoms with E-state index in [0.29, 0.717) is 4.75 Å².